The molecular formula is C25H45N2O4PS. The molecule has 0 aliphatic heterocycles. The Labute approximate surface area is 202 Å². The van der Waals surface area contributed by atoms with Crippen molar-refractivity contribution < 1.29 is 17.5 Å². The molecule has 0 fully saturated rings. The van der Waals surface area contributed by atoms with Crippen molar-refractivity contribution in [1.29, 1.82) is 0 Å². The van der Waals surface area contributed by atoms with E-state index in [9.17, 15) is 13.0 Å². The fraction of sp³-hybridized carbons (Fsp3) is 0.680. The molecule has 8 heteroatoms. The van der Waals surface area contributed by atoms with Crippen LogP contribution in [0.3, 0.4) is 0 Å². The molecule has 0 saturated heterocycles. The molecule has 1 aromatic carbocycles. The molecule has 0 heterocycles. The highest BCUT2D eigenvalue weighted by atomic mass is 32.2. The van der Waals surface area contributed by atoms with E-state index in [0.29, 0.717) is 12.2 Å². The third-order valence-corrected chi connectivity index (χ3v) is 10.3. The molecule has 1 aromatic rings. The first-order valence-electron chi connectivity index (χ1n) is 12.2. The fourth-order valence-electron chi connectivity index (χ4n) is 3.81. The second kappa shape index (κ2) is 14.3. The molecule has 0 aliphatic rings. The Hall–Kier alpha value is -1.14. The van der Waals surface area contributed by atoms with Crippen LogP contribution in [0.5, 0.6) is 0 Å². The van der Waals surface area contributed by atoms with Crippen molar-refractivity contribution in [3.8, 4) is 0 Å². The SMILES string of the molecule is CCCCCCCCCC/C(OP(=O)(N(C)C)N(C)C)=C(\C(C)C)S(=O)(=O)c1ccccc1. The van der Waals surface area contributed by atoms with Gasteiger partial charge in [-0.2, -0.15) is 0 Å². The summed E-state index contributed by atoms with van der Waals surface area (Å²) in [6.45, 7) is 5.91. The minimum Gasteiger partial charge on any atom is -0.425 e. The second-order valence-electron chi connectivity index (χ2n) is 9.26. The van der Waals surface area contributed by atoms with Crippen molar-refractivity contribution in [2.24, 2.45) is 5.92 Å². The molecular weight excluding hydrogens is 455 g/mol. The molecule has 190 valence electrons. The number of allylic oxidation sites excluding steroid dienone is 2. The Morgan fingerprint density at radius 3 is 1.82 bits per heavy atom. The maximum absolute atomic E-state index is 13.6. The number of nitrogens with zero attached hydrogens (tertiary/aromatic N) is 2. The molecule has 0 saturated carbocycles. The van der Waals surface area contributed by atoms with Gasteiger partial charge in [-0.05, 0) is 52.7 Å². The predicted molar refractivity (Wildman–Crippen MR) is 139 cm³/mol. The van der Waals surface area contributed by atoms with Gasteiger partial charge in [0.2, 0.25) is 9.84 Å². The van der Waals surface area contributed by atoms with Crippen LogP contribution < -0.4 is 0 Å². The lowest BCUT2D eigenvalue weighted by atomic mass is 10.1. The zero-order valence-corrected chi connectivity index (χ0v) is 23.4. The van der Waals surface area contributed by atoms with E-state index >= 15 is 0 Å². The Bertz CT molecular complexity index is 869. The summed E-state index contributed by atoms with van der Waals surface area (Å²) in [6.07, 6.45) is 9.55. The first-order valence-corrected chi connectivity index (χ1v) is 15.2. The van der Waals surface area contributed by atoms with Gasteiger partial charge in [0.15, 0.2) is 0 Å². The van der Waals surface area contributed by atoms with Gasteiger partial charge in [-0.1, -0.05) is 83.9 Å². The van der Waals surface area contributed by atoms with Crippen LogP contribution in [0.4, 0.5) is 0 Å². The van der Waals surface area contributed by atoms with Gasteiger partial charge in [0, 0.05) is 6.42 Å². The highest BCUT2D eigenvalue weighted by molar-refractivity contribution is 7.95. The van der Waals surface area contributed by atoms with Crippen LogP contribution in [-0.4, -0.2) is 45.9 Å². The number of hydrogen-bond donors (Lipinski definition) is 0. The minimum absolute atomic E-state index is 0.223. The largest absolute Gasteiger partial charge is 0.425 e. The molecule has 0 atom stereocenters. The molecule has 0 spiro atoms. The van der Waals surface area contributed by atoms with Gasteiger partial charge in [-0.15, -0.1) is 0 Å². The minimum atomic E-state index is -3.78. The van der Waals surface area contributed by atoms with Gasteiger partial charge in [-0.25, -0.2) is 22.3 Å². The summed E-state index contributed by atoms with van der Waals surface area (Å²) in [6, 6.07) is 8.43. The molecule has 6 nitrogen and oxygen atoms in total. The molecule has 0 aliphatic carbocycles. The second-order valence-corrected chi connectivity index (χ2v) is 13.9. The van der Waals surface area contributed by atoms with Crippen molar-refractivity contribution in [2.45, 2.75) is 83.5 Å². The Morgan fingerprint density at radius 1 is 0.879 bits per heavy atom. The number of unbranched alkanes of at least 4 members (excludes halogenated alkanes) is 7. The average Bonchev–Trinajstić information content (AvgIpc) is 2.75. The molecule has 0 unspecified atom stereocenters. The van der Waals surface area contributed by atoms with Crippen molar-refractivity contribution in [3.05, 3.63) is 41.0 Å². The van der Waals surface area contributed by atoms with E-state index in [1.54, 1.807) is 58.5 Å². The highest BCUT2D eigenvalue weighted by Gasteiger charge is 2.36. The summed E-state index contributed by atoms with van der Waals surface area (Å²) in [5.74, 6) is 0.0163. The summed E-state index contributed by atoms with van der Waals surface area (Å²) < 4.78 is 50.1. The summed E-state index contributed by atoms with van der Waals surface area (Å²) in [5.41, 5.74) is 0. The van der Waals surface area contributed by atoms with E-state index in [0.717, 1.165) is 19.3 Å². The molecule has 0 bridgehead atoms. The lowest BCUT2D eigenvalue weighted by molar-refractivity contribution is 0.289. The maximum atomic E-state index is 13.6. The third kappa shape index (κ3) is 8.86. The summed E-state index contributed by atoms with van der Waals surface area (Å²) >= 11 is 0. The number of rotatable bonds is 16. The Morgan fingerprint density at radius 2 is 1.36 bits per heavy atom. The summed E-state index contributed by atoms with van der Waals surface area (Å²) in [5, 5.41) is 0. The molecule has 0 radical (unpaired) electrons. The predicted octanol–water partition coefficient (Wildman–Crippen LogP) is 7.11. The molecule has 33 heavy (non-hydrogen) atoms. The highest BCUT2D eigenvalue weighted by Crippen LogP contribution is 2.54. The molecule has 0 amide bonds. The molecule has 0 aromatic heterocycles. The zero-order chi connectivity index (χ0) is 25.1. The van der Waals surface area contributed by atoms with Gasteiger partial charge in [0.25, 0.3) is 0 Å². The van der Waals surface area contributed by atoms with E-state index in [2.05, 4.69) is 6.92 Å². The normalized spacial score (nSPS) is 13.6. The topological polar surface area (TPSA) is 66.9 Å². The number of sulfone groups is 1. The monoisotopic (exact) mass is 500 g/mol. The molecule has 1 rings (SSSR count). The molecule has 0 N–H and O–H groups in total. The smallest absolute Gasteiger partial charge is 0.394 e. The third-order valence-electron chi connectivity index (χ3n) is 5.64. The average molecular weight is 501 g/mol. The van der Waals surface area contributed by atoms with Gasteiger partial charge in [-0.3, -0.25) is 0 Å². The van der Waals surface area contributed by atoms with Gasteiger partial charge in [0.1, 0.15) is 5.76 Å². The lowest BCUT2D eigenvalue weighted by Gasteiger charge is -2.32. The van der Waals surface area contributed by atoms with Crippen LogP contribution in [0.15, 0.2) is 45.9 Å². The first-order chi connectivity index (χ1) is 15.5. The van der Waals surface area contributed by atoms with Gasteiger partial charge >= 0.3 is 7.67 Å². The van der Waals surface area contributed by atoms with E-state index < -0.39 is 17.5 Å². The summed E-state index contributed by atoms with van der Waals surface area (Å²) in [7, 11) is -0.428. The summed E-state index contributed by atoms with van der Waals surface area (Å²) in [4.78, 5) is 0.454. The van der Waals surface area contributed by atoms with Crippen LogP contribution in [0.25, 0.3) is 0 Å². The van der Waals surface area contributed by atoms with Crippen molar-refractivity contribution in [2.75, 3.05) is 28.2 Å². The van der Waals surface area contributed by atoms with E-state index in [1.807, 2.05) is 13.8 Å². The Kier molecular flexibility index (Phi) is 13.0. The van der Waals surface area contributed by atoms with Crippen LogP contribution in [0.1, 0.15) is 78.6 Å². The quantitative estimate of drug-likeness (QED) is 0.137. The van der Waals surface area contributed by atoms with Crippen molar-refractivity contribution in [3.63, 3.8) is 0 Å². The van der Waals surface area contributed by atoms with E-state index in [-0.39, 0.29) is 15.7 Å². The van der Waals surface area contributed by atoms with Gasteiger partial charge in [0.05, 0.1) is 9.80 Å². The van der Waals surface area contributed by atoms with Crippen LogP contribution in [0.2, 0.25) is 0 Å². The van der Waals surface area contributed by atoms with Crippen LogP contribution in [0, 0.1) is 5.92 Å². The standard InChI is InChI=1S/C25H45N2O4PS/c1-8-9-10-11-12-13-14-18-21-24(31-32(28,26(4)5)27(6)7)25(22(2)3)33(29,30)23-19-16-15-17-20-23/h15-17,19-20,22H,8-14,18,21H2,1-7H3/b25-24-. The van der Waals surface area contributed by atoms with Gasteiger partial charge < -0.3 is 4.52 Å². The van der Waals surface area contributed by atoms with E-state index in [1.165, 1.54) is 41.4 Å². The van der Waals surface area contributed by atoms with Crippen LogP contribution in [-0.2, 0) is 18.9 Å². The number of benzene rings is 1. The Balaban J connectivity index is 3.27. The maximum Gasteiger partial charge on any atom is 0.394 e. The zero-order valence-electron chi connectivity index (χ0n) is 21.7. The van der Waals surface area contributed by atoms with Crippen LogP contribution >= 0.6 is 7.67 Å². The first kappa shape index (κ1) is 29.9. The lowest BCUT2D eigenvalue weighted by Crippen LogP contribution is -2.24. The van der Waals surface area contributed by atoms with E-state index in [4.69, 9.17) is 4.52 Å². The number of hydrogen-bond acceptors (Lipinski definition) is 4. The van der Waals surface area contributed by atoms with Crippen molar-refractivity contribution in [1.82, 2.24) is 9.34 Å². The van der Waals surface area contributed by atoms with Crippen molar-refractivity contribution >= 4 is 17.5 Å². The fourth-order valence-corrected chi connectivity index (χ4v) is 7.22.